The molecule has 24 heavy (non-hydrogen) atoms. The van der Waals surface area contributed by atoms with Crippen molar-refractivity contribution in [2.75, 3.05) is 6.54 Å². The van der Waals surface area contributed by atoms with Gasteiger partial charge >= 0.3 is 0 Å². The van der Waals surface area contributed by atoms with Gasteiger partial charge in [-0.05, 0) is 57.4 Å². The molecule has 128 valence electrons. The summed E-state index contributed by atoms with van der Waals surface area (Å²) in [5.74, 6) is -0.0921. The Morgan fingerprint density at radius 2 is 1.92 bits per heavy atom. The number of rotatable bonds is 4. The van der Waals surface area contributed by atoms with E-state index in [4.69, 9.17) is 0 Å². The zero-order valence-corrected chi connectivity index (χ0v) is 15.7. The minimum Gasteiger partial charge on any atom is -0.292 e. The number of thiophene rings is 1. The van der Waals surface area contributed by atoms with Crippen molar-refractivity contribution >= 4 is 27.1 Å². The summed E-state index contributed by atoms with van der Waals surface area (Å²) in [4.78, 5) is 14.0. The minimum absolute atomic E-state index is 0.0921. The molecule has 4 nitrogen and oxygen atoms in total. The number of carbonyl (C=O) groups excluding carboxylic acids is 1. The minimum atomic E-state index is -3.61. The maximum atomic E-state index is 13.0. The molecule has 1 unspecified atom stereocenters. The van der Waals surface area contributed by atoms with Gasteiger partial charge in [0.1, 0.15) is 4.21 Å². The van der Waals surface area contributed by atoms with Gasteiger partial charge in [0.2, 0.25) is 0 Å². The Bertz CT molecular complexity index is 883. The van der Waals surface area contributed by atoms with Crippen molar-refractivity contribution in [1.82, 2.24) is 4.31 Å². The number of nitrogens with zero attached hydrogens (tertiary/aromatic N) is 1. The molecule has 1 fully saturated rings. The van der Waals surface area contributed by atoms with E-state index in [-0.39, 0.29) is 5.78 Å². The zero-order valence-electron chi connectivity index (χ0n) is 14.1. The van der Waals surface area contributed by atoms with Gasteiger partial charge in [0.05, 0.1) is 6.04 Å². The molecule has 1 saturated heterocycles. The molecule has 1 aromatic heterocycles. The van der Waals surface area contributed by atoms with E-state index in [0.29, 0.717) is 29.2 Å². The van der Waals surface area contributed by atoms with Gasteiger partial charge in [0.15, 0.2) is 5.78 Å². The van der Waals surface area contributed by atoms with Crippen LogP contribution in [-0.2, 0) is 10.0 Å². The average molecular weight is 364 g/mol. The predicted molar refractivity (Wildman–Crippen MR) is 96.2 cm³/mol. The Kier molecular flexibility index (Phi) is 4.64. The zero-order chi connectivity index (χ0) is 17.5. The highest BCUT2D eigenvalue weighted by Crippen LogP contribution is 2.32. The quantitative estimate of drug-likeness (QED) is 0.778. The van der Waals surface area contributed by atoms with E-state index in [2.05, 4.69) is 0 Å². The summed E-state index contributed by atoms with van der Waals surface area (Å²) in [7, 11) is -3.61. The number of ketones is 1. The molecule has 0 spiro atoms. The largest absolute Gasteiger partial charge is 0.292 e. The Morgan fingerprint density at radius 3 is 2.58 bits per heavy atom. The normalized spacial score (nSPS) is 18.9. The second-order valence-electron chi connectivity index (χ2n) is 6.32. The highest BCUT2D eigenvalue weighted by atomic mass is 32.2. The fourth-order valence-electron chi connectivity index (χ4n) is 3.14. The Balaban J connectivity index is 1.96. The number of aryl methyl sites for hydroxylation is 3. The van der Waals surface area contributed by atoms with Gasteiger partial charge in [0.25, 0.3) is 10.0 Å². The third kappa shape index (κ3) is 3.06. The fourth-order valence-corrected chi connectivity index (χ4v) is 6.21. The van der Waals surface area contributed by atoms with E-state index in [9.17, 15) is 13.2 Å². The molecule has 0 N–H and O–H groups in total. The summed E-state index contributed by atoms with van der Waals surface area (Å²) in [6, 6.07) is 8.57. The third-order valence-corrected chi connectivity index (χ3v) is 7.82. The first-order valence-electron chi connectivity index (χ1n) is 8.00. The van der Waals surface area contributed by atoms with E-state index in [1.807, 2.05) is 39.0 Å². The van der Waals surface area contributed by atoms with Gasteiger partial charge in [-0.2, -0.15) is 4.31 Å². The summed E-state index contributed by atoms with van der Waals surface area (Å²) in [6.45, 7) is 6.11. The Morgan fingerprint density at radius 1 is 1.17 bits per heavy atom. The van der Waals surface area contributed by atoms with Crippen LogP contribution in [0, 0.1) is 20.8 Å². The van der Waals surface area contributed by atoms with Crippen molar-refractivity contribution in [3.8, 4) is 0 Å². The van der Waals surface area contributed by atoms with E-state index in [1.165, 1.54) is 15.6 Å². The summed E-state index contributed by atoms with van der Waals surface area (Å²) in [6.07, 6.45) is 1.29. The molecule has 0 saturated carbocycles. The molecule has 6 heteroatoms. The molecular formula is C18H21NO3S2. The van der Waals surface area contributed by atoms with Gasteiger partial charge in [-0.3, -0.25) is 4.79 Å². The molecule has 2 heterocycles. The lowest BCUT2D eigenvalue weighted by Gasteiger charge is -2.23. The van der Waals surface area contributed by atoms with Gasteiger partial charge in [-0.1, -0.05) is 17.7 Å². The SMILES string of the molecule is Cc1ccc(C)c(C(=O)C2CCCN2S(=O)(=O)c2ccc(C)s2)c1. The van der Waals surface area contributed by atoms with E-state index < -0.39 is 16.1 Å². The number of hydrogen-bond donors (Lipinski definition) is 0. The Hall–Kier alpha value is -1.50. The van der Waals surface area contributed by atoms with Crippen molar-refractivity contribution in [3.63, 3.8) is 0 Å². The third-order valence-electron chi connectivity index (χ3n) is 4.44. The summed E-state index contributed by atoms with van der Waals surface area (Å²) in [5, 5.41) is 0. The van der Waals surface area contributed by atoms with E-state index >= 15 is 0 Å². The van der Waals surface area contributed by atoms with Crippen LogP contribution in [0.5, 0.6) is 0 Å². The second kappa shape index (κ2) is 6.43. The molecule has 0 amide bonds. The van der Waals surface area contributed by atoms with Crippen LogP contribution < -0.4 is 0 Å². The van der Waals surface area contributed by atoms with Crippen molar-refractivity contribution in [2.24, 2.45) is 0 Å². The van der Waals surface area contributed by atoms with Crippen molar-refractivity contribution in [1.29, 1.82) is 0 Å². The number of Topliss-reactive ketones (excluding diaryl/α,β-unsaturated/α-hetero) is 1. The lowest BCUT2D eigenvalue weighted by Crippen LogP contribution is -2.40. The monoisotopic (exact) mass is 363 g/mol. The van der Waals surface area contributed by atoms with Crippen molar-refractivity contribution < 1.29 is 13.2 Å². The van der Waals surface area contributed by atoms with Crippen LogP contribution in [0.2, 0.25) is 0 Å². The van der Waals surface area contributed by atoms with Crippen molar-refractivity contribution in [3.05, 3.63) is 51.9 Å². The maximum absolute atomic E-state index is 13.0. The van der Waals surface area contributed by atoms with Crippen LogP contribution >= 0.6 is 11.3 Å². The highest BCUT2D eigenvalue weighted by molar-refractivity contribution is 7.91. The predicted octanol–water partition coefficient (Wildman–Crippen LogP) is 3.71. The lowest BCUT2D eigenvalue weighted by molar-refractivity contribution is 0.0917. The van der Waals surface area contributed by atoms with Crippen LogP contribution in [0.3, 0.4) is 0 Å². The van der Waals surface area contributed by atoms with Gasteiger partial charge in [-0.25, -0.2) is 8.42 Å². The molecule has 1 aliphatic rings. The summed E-state index contributed by atoms with van der Waals surface area (Å²) in [5.41, 5.74) is 2.52. The standard InChI is InChI=1S/C18H21NO3S2/c1-12-6-7-13(2)15(11-12)18(20)16-5-4-10-19(16)24(21,22)17-9-8-14(3)23-17/h6-9,11,16H,4-5,10H2,1-3H3. The molecule has 0 radical (unpaired) electrons. The van der Waals surface area contributed by atoms with Crippen LogP contribution in [-0.4, -0.2) is 31.1 Å². The summed E-state index contributed by atoms with van der Waals surface area (Å²) >= 11 is 1.26. The number of carbonyl (C=O) groups is 1. The topological polar surface area (TPSA) is 54.5 Å². The highest BCUT2D eigenvalue weighted by Gasteiger charge is 2.40. The molecule has 0 bridgehead atoms. The van der Waals surface area contributed by atoms with Crippen LogP contribution in [0.25, 0.3) is 0 Å². The molecule has 1 aromatic carbocycles. The smallest absolute Gasteiger partial charge is 0.253 e. The van der Waals surface area contributed by atoms with Crippen LogP contribution in [0.1, 0.15) is 39.2 Å². The average Bonchev–Trinajstić information content (AvgIpc) is 3.18. The first-order chi connectivity index (χ1) is 11.3. The molecular weight excluding hydrogens is 342 g/mol. The van der Waals surface area contributed by atoms with Crippen LogP contribution in [0.4, 0.5) is 0 Å². The fraction of sp³-hybridized carbons (Fsp3) is 0.389. The number of sulfonamides is 1. The summed E-state index contributed by atoms with van der Waals surface area (Å²) < 4.78 is 27.6. The lowest BCUT2D eigenvalue weighted by atomic mass is 9.97. The Labute approximate surface area is 147 Å². The number of hydrogen-bond acceptors (Lipinski definition) is 4. The maximum Gasteiger partial charge on any atom is 0.253 e. The second-order valence-corrected chi connectivity index (χ2v) is 9.73. The molecule has 3 rings (SSSR count). The first kappa shape index (κ1) is 17.3. The van der Waals surface area contributed by atoms with E-state index in [0.717, 1.165) is 16.0 Å². The van der Waals surface area contributed by atoms with Gasteiger partial charge < -0.3 is 0 Å². The molecule has 1 aliphatic heterocycles. The molecule has 1 atom stereocenters. The van der Waals surface area contributed by atoms with Crippen LogP contribution in [0.15, 0.2) is 34.5 Å². The molecule has 2 aromatic rings. The van der Waals surface area contributed by atoms with Crippen molar-refractivity contribution in [2.45, 2.75) is 43.9 Å². The molecule has 0 aliphatic carbocycles. The first-order valence-corrected chi connectivity index (χ1v) is 10.3. The van der Waals surface area contributed by atoms with E-state index in [1.54, 1.807) is 12.1 Å². The van der Waals surface area contributed by atoms with Gasteiger partial charge in [0, 0.05) is 17.0 Å². The van der Waals surface area contributed by atoms with Gasteiger partial charge in [-0.15, -0.1) is 11.3 Å². The number of benzene rings is 1.